The minimum absolute atomic E-state index is 0.0285. The van der Waals surface area contributed by atoms with E-state index in [0.717, 1.165) is 5.69 Å². The number of hydrogen-bond donors (Lipinski definition) is 2. The molecular formula is C19H16Cl2N4O. The molecule has 0 bridgehead atoms. The molecule has 2 N–H and O–H groups in total. The number of benzene rings is 2. The van der Waals surface area contributed by atoms with Crippen LogP contribution >= 0.6 is 23.2 Å². The van der Waals surface area contributed by atoms with Gasteiger partial charge in [0.1, 0.15) is 17.5 Å². The molecule has 1 heterocycles. The fourth-order valence-electron chi connectivity index (χ4n) is 2.36. The third-order valence-corrected chi connectivity index (χ3v) is 4.14. The zero-order valence-electron chi connectivity index (χ0n) is 14.2. The molecule has 0 fully saturated rings. The van der Waals surface area contributed by atoms with Crippen molar-refractivity contribution in [1.82, 2.24) is 9.97 Å². The molecule has 0 unspecified atom stereocenters. The molecule has 3 rings (SSSR count). The average molecular weight is 387 g/mol. The molecule has 0 amide bonds. The van der Waals surface area contributed by atoms with Gasteiger partial charge < -0.3 is 10.6 Å². The number of Topliss-reactive ketones (excluding diaryl/α,β-unsaturated/α-hetero) is 1. The van der Waals surface area contributed by atoms with Crippen molar-refractivity contribution in [3.8, 4) is 0 Å². The van der Waals surface area contributed by atoms with Gasteiger partial charge in [0.25, 0.3) is 0 Å². The summed E-state index contributed by atoms with van der Waals surface area (Å²) in [7, 11) is 0. The number of carbonyl (C=O) groups excluding carboxylic acids is 1. The normalized spacial score (nSPS) is 10.5. The second-order valence-corrected chi connectivity index (χ2v) is 6.54. The standard InChI is InChI=1S/C19H16Cl2N4O/c1-11(26)13-3-6-15(7-4-13)24-18-10-19(23-12(2)22-18)25-17-8-5-14(20)9-16(17)21/h3-10H,1-2H3,(H2,22,23,24,25). The van der Waals surface area contributed by atoms with Gasteiger partial charge in [-0.25, -0.2) is 9.97 Å². The number of rotatable bonds is 5. The average Bonchev–Trinajstić information content (AvgIpc) is 2.57. The molecule has 0 aliphatic carbocycles. The lowest BCUT2D eigenvalue weighted by molar-refractivity contribution is 0.101. The fourth-order valence-corrected chi connectivity index (χ4v) is 2.82. The van der Waals surface area contributed by atoms with Crippen LogP contribution in [0.25, 0.3) is 0 Å². The fraction of sp³-hybridized carbons (Fsp3) is 0.105. The summed E-state index contributed by atoms with van der Waals surface area (Å²) < 4.78 is 0. The van der Waals surface area contributed by atoms with Crippen molar-refractivity contribution in [1.29, 1.82) is 0 Å². The monoisotopic (exact) mass is 386 g/mol. The highest BCUT2D eigenvalue weighted by Crippen LogP contribution is 2.28. The Morgan fingerprint density at radius 2 is 1.58 bits per heavy atom. The zero-order chi connectivity index (χ0) is 18.7. The van der Waals surface area contributed by atoms with Crippen molar-refractivity contribution in [3.05, 3.63) is 70.0 Å². The van der Waals surface area contributed by atoms with Crippen molar-refractivity contribution in [3.63, 3.8) is 0 Å². The summed E-state index contributed by atoms with van der Waals surface area (Å²) in [5.74, 6) is 1.86. The molecule has 0 spiro atoms. The molecule has 3 aromatic rings. The molecule has 26 heavy (non-hydrogen) atoms. The summed E-state index contributed by atoms with van der Waals surface area (Å²) in [5, 5.41) is 7.44. The number of ketones is 1. The van der Waals surface area contributed by atoms with Crippen LogP contribution in [0.5, 0.6) is 0 Å². The van der Waals surface area contributed by atoms with E-state index in [9.17, 15) is 4.79 Å². The van der Waals surface area contributed by atoms with Crippen molar-refractivity contribution in [2.24, 2.45) is 0 Å². The van der Waals surface area contributed by atoms with Crippen molar-refractivity contribution in [2.45, 2.75) is 13.8 Å². The largest absolute Gasteiger partial charge is 0.340 e. The van der Waals surface area contributed by atoms with Crippen LogP contribution in [0.3, 0.4) is 0 Å². The minimum atomic E-state index is 0.0285. The van der Waals surface area contributed by atoms with E-state index in [4.69, 9.17) is 23.2 Å². The van der Waals surface area contributed by atoms with Gasteiger partial charge in [-0.15, -0.1) is 0 Å². The van der Waals surface area contributed by atoms with Crippen LogP contribution in [0.4, 0.5) is 23.0 Å². The smallest absolute Gasteiger partial charge is 0.159 e. The highest BCUT2D eigenvalue weighted by atomic mass is 35.5. The first-order chi connectivity index (χ1) is 12.4. The number of hydrogen-bond acceptors (Lipinski definition) is 5. The first-order valence-corrected chi connectivity index (χ1v) is 8.62. The topological polar surface area (TPSA) is 66.9 Å². The SMILES string of the molecule is CC(=O)c1ccc(Nc2cc(Nc3ccc(Cl)cc3Cl)nc(C)n2)cc1. The van der Waals surface area contributed by atoms with Gasteiger partial charge in [-0.3, -0.25) is 4.79 Å². The number of aryl methyl sites for hydroxylation is 1. The van der Waals surface area contributed by atoms with Gasteiger partial charge in [0.05, 0.1) is 10.7 Å². The molecule has 5 nitrogen and oxygen atoms in total. The molecule has 0 saturated heterocycles. The van der Waals surface area contributed by atoms with Gasteiger partial charge in [0, 0.05) is 22.3 Å². The molecule has 0 aliphatic heterocycles. The number of anilines is 4. The molecule has 2 aromatic carbocycles. The Kier molecular flexibility index (Phi) is 5.40. The molecular weight excluding hydrogens is 371 g/mol. The van der Waals surface area contributed by atoms with Crippen molar-refractivity contribution < 1.29 is 4.79 Å². The van der Waals surface area contributed by atoms with Crippen LogP contribution in [0.2, 0.25) is 10.0 Å². The summed E-state index contributed by atoms with van der Waals surface area (Å²) in [5.41, 5.74) is 2.18. The predicted molar refractivity (Wildman–Crippen MR) is 106 cm³/mol. The van der Waals surface area contributed by atoms with Gasteiger partial charge in [0.15, 0.2) is 5.78 Å². The van der Waals surface area contributed by atoms with Gasteiger partial charge >= 0.3 is 0 Å². The van der Waals surface area contributed by atoms with Gasteiger partial charge in [-0.2, -0.15) is 0 Å². The minimum Gasteiger partial charge on any atom is -0.340 e. The lowest BCUT2D eigenvalue weighted by atomic mass is 10.1. The van der Waals surface area contributed by atoms with E-state index in [1.165, 1.54) is 6.92 Å². The molecule has 0 saturated carbocycles. The molecule has 0 aliphatic rings. The summed E-state index contributed by atoms with van der Waals surface area (Å²) >= 11 is 12.1. The highest BCUT2D eigenvalue weighted by molar-refractivity contribution is 6.36. The lowest BCUT2D eigenvalue weighted by Crippen LogP contribution is -2.02. The summed E-state index contributed by atoms with van der Waals surface area (Å²) in [6, 6.07) is 14.2. The summed E-state index contributed by atoms with van der Waals surface area (Å²) in [4.78, 5) is 20.1. The molecule has 132 valence electrons. The highest BCUT2D eigenvalue weighted by Gasteiger charge is 2.07. The van der Waals surface area contributed by atoms with Gasteiger partial charge in [0.2, 0.25) is 0 Å². The van der Waals surface area contributed by atoms with E-state index in [0.29, 0.717) is 38.8 Å². The van der Waals surface area contributed by atoms with E-state index in [1.807, 2.05) is 12.1 Å². The number of nitrogens with one attached hydrogen (secondary N) is 2. The maximum absolute atomic E-state index is 11.4. The third-order valence-electron chi connectivity index (χ3n) is 3.60. The lowest BCUT2D eigenvalue weighted by Gasteiger charge is -2.11. The second kappa shape index (κ2) is 7.72. The first kappa shape index (κ1) is 18.2. The van der Waals surface area contributed by atoms with E-state index in [-0.39, 0.29) is 5.78 Å². The van der Waals surface area contributed by atoms with Crippen LogP contribution in [-0.4, -0.2) is 15.8 Å². The van der Waals surface area contributed by atoms with E-state index in [2.05, 4.69) is 20.6 Å². The predicted octanol–water partition coefficient (Wildman–Crippen LogP) is 5.78. The number of aromatic nitrogens is 2. The van der Waals surface area contributed by atoms with Crippen molar-refractivity contribution >= 4 is 52.0 Å². The Morgan fingerprint density at radius 3 is 2.19 bits per heavy atom. The Bertz CT molecular complexity index is 958. The number of halogens is 2. The Hall–Kier alpha value is -2.63. The Labute approximate surface area is 161 Å². The quantitative estimate of drug-likeness (QED) is 0.543. The maximum Gasteiger partial charge on any atom is 0.159 e. The van der Waals surface area contributed by atoms with Crippen LogP contribution < -0.4 is 10.6 Å². The van der Waals surface area contributed by atoms with E-state index < -0.39 is 0 Å². The number of nitrogens with zero attached hydrogens (tertiary/aromatic N) is 2. The Morgan fingerprint density at radius 1 is 0.923 bits per heavy atom. The molecule has 1 aromatic heterocycles. The van der Waals surface area contributed by atoms with Gasteiger partial charge in [-0.1, -0.05) is 23.2 Å². The number of carbonyl (C=O) groups is 1. The van der Waals surface area contributed by atoms with Crippen LogP contribution in [0.1, 0.15) is 23.1 Å². The van der Waals surface area contributed by atoms with Crippen molar-refractivity contribution in [2.75, 3.05) is 10.6 Å². The van der Waals surface area contributed by atoms with Crippen LogP contribution in [-0.2, 0) is 0 Å². The summed E-state index contributed by atoms with van der Waals surface area (Å²) in [6.07, 6.45) is 0. The summed E-state index contributed by atoms with van der Waals surface area (Å²) in [6.45, 7) is 3.34. The van der Waals surface area contributed by atoms with Gasteiger partial charge in [-0.05, 0) is 56.3 Å². The van der Waals surface area contributed by atoms with E-state index >= 15 is 0 Å². The molecule has 0 atom stereocenters. The molecule has 0 radical (unpaired) electrons. The van der Waals surface area contributed by atoms with Crippen LogP contribution in [0, 0.1) is 6.92 Å². The second-order valence-electron chi connectivity index (χ2n) is 5.69. The third kappa shape index (κ3) is 4.50. The Balaban J connectivity index is 1.82. The maximum atomic E-state index is 11.4. The van der Waals surface area contributed by atoms with Crippen LogP contribution in [0.15, 0.2) is 48.5 Å². The zero-order valence-corrected chi connectivity index (χ0v) is 15.7. The van der Waals surface area contributed by atoms with E-state index in [1.54, 1.807) is 43.3 Å². The first-order valence-electron chi connectivity index (χ1n) is 7.86. The molecule has 7 heteroatoms.